The Kier molecular flexibility index (Phi) is 6.73. The van der Waals surface area contributed by atoms with Crippen molar-refractivity contribution in [3.8, 4) is 0 Å². The molecule has 0 nitrogen and oxygen atoms in total. The number of hydrogen-bond acceptors (Lipinski definition) is 0. The molecule has 0 saturated heterocycles. The van der Waals surface area contributed by atoms with E-state index in [4.69, 9.17) is 0 Å². The maximum atomic E-state index is 12.8. The van der Waals surface area contributed by atoms with Crippen molar-refractivity contribution in [2.45, 2.75) is 40.0 Å². The van der Waals surface area contributed by atoms with Crippen LogP contribution in [0.3, 0.4) is 0 Å². The van der Waals surface area contributed by atoms with Crippen LogP contribution in [0, 0.1) is 5.92 Å². The number of allylic oxidation sites excluding steroid dienone is 4. The first-order chi connectivity index (χ1) is 5.74. The van der Waals surface area contributed by atoms with Gasteiger partial charge >= 0.3 is 0 Å². The molecule has 0 saturated carbocycles. The molecule has 0 N–H and O–H groups in total. The van der Waals surface area contributed by atoms with Gasteiger partial charge in [0.2, 0.25) is 0 Å². The van der Waals surface area contributed by atoms with Crippen molar-refractivity contribution in [2.24, 2.45) is 5.92 Å². The van der Waals surface area contributed by atoms with Crippen LogP contribution < -0.4 is 0 Å². The molecule has 12 heavy (non-hydrogen) atoms. The molecule has 1 atom stereocenters. The van der Waals surface area contributed by atoms with E-state index in [-0.39, 0.29) is 5.83 Å². The van der Waals surface area contributed by atoms with Crippen LogP contribution in [0.5, 0.6) is 0 Å². The van der Waals surface area contributed by atoms with Gasteiger partial charge in [0.05, 0.1) is 5.83 Å². The van der Waals surface area contributed by atoms with Gasteiger partial charge in [0.1, 0.15) is 0 Å². The summed E-state index contributed by atoms with van der Waals surface area (Å²) in [5.74, 6) is 0.396. The number of hydrogen-bond donors (Lipinski definition) is 0. The maximum Gasteiger partial charge on any atom is 0.0960 e. The lowest BCUT2D eigenvalue weighted by molar-refractivity contribution is 0.558. The summed E-state index contributed by atoms with van der Waals surface area (Å²) in [6.45, 7) is 5.93. The number of halogens is 1. The largest absolute Gasteiger partial charge is 0.212 e. The fourth-order valence-electron chi connectivity index (χ4n) is 1.04. The average Bonchev–Trinajstić information content (AvgIpc) is 2.11. The van der Waals surface area contributed by atoms with E-state index in [1.54, 1.807) is 6.08 Å². The summed E-state index contributed by atoms with van der Waals surface area (Å²) in [7, 11) is 0. The Morgan fingerprint density at radius 1 is 1.42 bits per heavy atom. The van der Waals surface area contributed by atoms with Crippen LogP contribution in [-0.4, -0.2) is 0 Å². The van der Waals surface area contributed by atoms with Gasteiger partial charge in [-0.1, -0.05) is 26.0 Å². The second kappa shape index (κ2) is 7.08. The van der Waals surface area contributed by atoms with E-state index < -0.39 is 0 Å². The Labute approximate surface area is 75.2 Å². The fourth-order valence-corrected chi connectivity index (χ4v) is 1.04. The monoisotopic (exact) mass is 170 g/mol. The molecule has 0 bridgehead atoms. The summed E-state index contributed by atoms with van der Waals surface area (Å²) >= 11 is 0. The van der Waals surface area contributed by atoms with Gasteiger partial charge in [-0.05, 0) is 38.2 Å². The van der Waals surface area contributed by atoms with E-state index in [0.29, 0.717) is 12.3 Å². The fraction of sp³-hybridized carbons (Fsp3) is 0.636. The van der Waals surface area contributed by atoms with Crippen molar-refractivity contribution in [2.75, 3.05) is 0 Å². The topological polar surface area (TPSA) is 0 Å². The average molecular weight is 170 g/mol. The smallest absolute Gasteiger partial charge is 0.0960 e. The van der Waals surface area contributed by atoms with Gasteiger partial charge in [0.25, 0.3) is 0 Å². The second-order valence-electron chi connectivity index (χ2n) is 2.94. The highest BCUT2D eigenvalue weighted by Gasteiger charge is 2.01. The molecule has 0 aliphatic heterocycles. The van der Waals surface area contributed by atoms with Crippen molar-refractivity contribution in [1.82, 2.24) is 0 Å². The third-order valence-corrected chi connectivity index (χ3v) is 1.95. The highest BCUT2D eigenvalue weighted by atomic mass is 19.1. The van der Waals surface area contributed by atoms with Crippen LogP contribution in [0.4, 0.5) is 4.39 Å². The summed E-state index contributed by atoms with van der Waals surface area (Å²) in [6.07, 6.45) is 8.35. The Hall–Kier alpha value is -0.590. The summed E-state index contributed by atoms with van der Waals surface area (Å²) in [5.41, 5.74) is 0. The van der Waals surface area contributed by atoms with Gasteiger partial charge in [-0.15, -0.1) is 0 Å². The van der Waals surface area contributed by atoms with Crippen molar-refractivity contribution in [3.63, 3.8) is 0 Å². The molecule has 0 aromatic rings. The van der Waals surface area contributed by atoms with Crippen molar-refractivity contribution in [1.29, 1.82) is 0 Å². The van der Waals surface area contributed by atoms with Crippen LogP contribution in [0.25, 0.3) is 0 Å². The maximum absolute atomic E-state index is 12.8. The van der Waals surface area contributed by atoms with Gasteiger partial charge < -0.3 is 0 Å². The third-order valence-electron chi connectivity index (χ3n) is 1.95. The first kappa shape index (κ1) is 11.4. The normalized spacial score (nSPS) is 15.5. The minimum absolute atomic E-state index is 0.0198. The molecule has 0 aromatic carbocycles. The van der Waals surface area contributed by atoms with Gasteiger partial charge in [-0.2, -0.15) is 0 Å². The van der Waals surface area contributed by atoms with Gasteiger partial charge in [-0.25, -0.2) is 4.39 Å². The van der Waals surface area contributed by atoms with Crippen LogP contribution >= 0.6 is 0 Å². The standard InChI is InChI=1S/C11H19F/c1-4-7-8-10(5-2)9-11(12)6-3/h4,7,9-10H,5-6,8H2,1-3H3/b7-4?,11-9-. The van der Waals surface area contributed by atoms with Gasteiger partial charge in [0.15, 0.2) is 0 Å². The zero-order valence-corrected chi connectivity index (χ0v) is 8.31. The first-order valence-corrected chi connectivity index (χ1v) is 4.71. The SMILES string of the molecule is CC=CCC(/C=C(\F)CC)CC. The summed E-state index contributed by atoms with van der Waals surface area (Å²) in [5, 5.41) is 0. The van der Waals surface area contributed by atoms with Crippen LogP contribution in [0.2, 0.25) is 0 Å². The first-order valence-electron chi connectivity index (χ1n) is 4.71. The summed E-state index contributed by atoms with van der Waals surface area (Å²) in [6, 6.07) is 0. The molecule has 0 fully saturated rings. The Bertz CT molecular complexity index is 156. The summed E-state index contributed by atoms with van der Waals surface area (Å²) in [4.78, 5) is 0. The molecule has 0 aliphatic carbocycles. The van der Waals surface area contributed by atoms with E-state index in [1.807, 2.05) is 19.9 Å². The molecule has 0 rings (SSSR count). The van der Waals surface area contributed by atoms with Crippen molar-refractivity contribution in [3.05, 3.63) is 24.1 Å². The zero-order chi connectivity index (χ0) is 9.40. The van der Waals surface area contributed by atoms with E-state index in [2.05, 4.69) is 13.0 Å². The lowest BCUT2D eigenvalue weighted by Crippen LogP contribution is -1.92. The van der Waals surface area contributed by atoms with E-state index >= 15 is 0 Å². The van der Waals surface area contributed by atoms with E-state index in [0.717, 1.165) is 12.8 Å². The van der Waals surface area contributed by atoms with E-state index in [1.165, 1.54) is 0 Å². The van der Waals surface area contributed by atoms with Crippen molar-refractivity contribution >= 4 is 0 Å². The Balaban J connectivity index is 3.97. The Morgan fingerprint density at radius 2 is 2.08 bits per heavy atom. The molecule has 1 unspecified atom stereocenters. The Morgan fingerprint density at radius 3 is 2.50 bits per heavy atom. The van der Waals surface area contributed by atoms with Crippen LogP contribution in [0.1, 0.15) is 40.0 Å². The second-order valence-corrected chi connectivity index (χ2v) is 2.94. The predicted octanol–water partition coefficient (Wildman–Crippen LogP) is 4.24. The molecule has 0 aromatic heterocycles. The molecule has 0 heterocycles. The molecular weight excluding hydrogens is 151 g/mol. The van der Waals surface area contributed by atoms with Crippen LogP contribution in [0.15, 0.2) is 24.1 Å². The zero-order valence-electron chi connectivity index (χ0n) is 8.31. The molecule has 1 heteroatoms. The molecule has 0 aliphatic rings. The van der Waals surface area contributed by atoms with Gasteiger partial charge in [-0.3, -0.25) is 0 Å². The molecule has 0 spiro atoms. The quantitative estimate of drug-likeness (QED) is 0.541. The highest BCUT2D eigenvalue weighted by Crippen LogP contribution is 2.15. The minimum atomic E-state index is 0.0198. The molecule has 70 valence electrons. The highest BCUT2D eigenvalue weighted by molar-refractivity contribution is 4.97. The third kappa shape index (κ3) is 5.11. The predicted molar refractivity (Wildman–Crippen MR) is 52.7 cm³/mol. The molecule has 0 amide bonds. The van der Waals surface area contributed by atoms with E-state index in [9.17, 15) is 4.39 Å². The van der Waals surface area contributed by atoms with Crippen LogP contribution in [-0.2, 0) is 0 Å². The molecular formula is C11H19F. The van der Waals surface area contributed by atoms with Gasteiger partial charge in [0, 0.05) is 0 Å². The van der Waals surface area contributed by atoms with Crippen molar-refractivity contribution < 1.29 is 4.39 Å². The lowest BCUT2D eigenvalue weighted by atomic mass is 10.0. The minimum Gasteiger partial charge on any atom is -0.212 e. The number of rotatable bonds is 5. The summed E-state index contributed by atoms with van der Waals surface area (Å²) < 4.78 is 12.8. The lowest BCUT2D eigenvalue weighted by Gasteiger charge is -2.06. The molecule has 0 radical (unpaired) electrons.